The number of nitrogens with zero attached hydrogens (tertiary/aromatic N) is 2. The van der Waals surface area contributed by atoms with Gasteiger partial charge in [-0.15, -0.1) is 0 Å². The van der Waals surface area contributed by atoms with Gasteiger partial charge in [0.2, 0.25) is 5.91 Å². The molecule has 114 valence electrons. The van der Waals surface area contributed by atoms with Gasteiger partial charge >= 0.3 is 18.0 Å². The van der Waals surface area contributed by atoms with Crippen LogP contribution in [-0.2, 0) is 14.4 Å². The zero-order valence-corrected chi connectivity index (χ0v) is 11.2. The van der Waals surface area contributed by atoms with Crippen LogP contribution in [0.1, 0.15) is 19.8 Å². The van der Waals surface area contributed by atoms with Gasteiger partial charge in [-0.1, -0.05) is 13.3 Å². The van der Waals surface area contributed by atoms with E-state index in [9.17, 15) is 19.2 Å². The number of carbonyl (C=O) groups excluding carboxylic acids is 2. The molecule has 0 spiro atoms. The van der Waals surface area contributed by atoms with Gasteiger partial charge in [-0.05, 0) is 6.42 Å². The van der Waals surface area contributed by atoms with Crippen LogP contribution >= 0.6 is 0 Å². The SMILES string of the molecule is CCCCN(CC(N)=O)C(=O)N(CC(=O)O)CC(=O)O. The van der Waals surface area contributed by atoms with Crippen molar-refractivity contribution in [1.82, 2.24) is 9.80 Å². The van der Waals surface area contributed by atoms with E-state index in [0.717, 1.165) is 11.3 Å². The van der Waals surface area contributed by atoms with Gasteiger partial charge in [-0.25, -0.2) is 4.79 Å². The summed E-state index contributed by atoms with van der Waals surface area (Å²) >= 11 is 0. The van der Waals surface area contributed by atoms with E-state index in [0.29, 0.717) is 11.3 Å². The molecule has 4 N–H and O–H groups in total. The van der Waals surface area contributed by atoms with Gasteiger partial charge in [0.05, 0.1) is 0 Å². The van der Waals surface area contributed by atoms with Crippen LogP contribution in [0.4, 0.5) is 4.79 Å². The zero-order chi connectivity index (χ0) is 15.7. The molecule has 0 unspecified atom stereocenters. The van der Waals surface area contributed by atoms with Crippen molar-refractivity contribution < 1.29 is 29.4 Å². The van der Waals surface area contributed by atoms with E-state index in [2.05, 4.69) is 0 Å². The monoisotopic (exact) mass is 289 g/mol. The summed E-state index contributed by atoms with van der Waals surface area (Å²) in [5.41, 5.74) is 5.02. The summed E-state index contributed by atoms with van der Waals surface area (Å²) in [6.45, 7) is 0.181. The number of carbonyl (C=O) groups is 4. The van der Waals surface area contributed by atoms with Crippen molar-refractivity contribution in [2.45, 2.75) is 19.8 Å². The third-order valence-electron chi connectivity index (χ3n) is 2.32. The fraction of sp³-hybridized carbons (Fsp3) is 0.636. The highest BCUT2D eigenvalue weighted by molar-refractivity contribution is 5.87. The smallest absolute Gasteiger partial charge is 0.323 e. The number of unbranched alkanes of at least 4 members (excludes halogenated alkanes) is 1. The molecule has 0 aromatic rings. The van der Waals surface area contributed by atoms with E-state index in [1.807, 2.05) is 6.92 Å². The van der Waals surface area contributed by atoms with Crippen LogP contribution in [0, 0.1) is 0 Å². The van der Waals surface area contributed by atoms with Crippen molar-refractivity contribution in [3.05, 3.63) is 0 Å². The van der Waals surface area contributed by atoms with Crippen LogP contribution < -0.4 is 5.73 Å². The lowest BCUT2D eigenvalue weighted by Gasteiger charge is -2.27. The van der Waals surface area contributed by atoms with Gasteiger partial charge in [0, 0.05) is 6.54 Å². The molecule has 0 aliphatic heterocycles. The number of carboxylic acid groups (broad SMARTS) is 2. The maximum absolute atomic E-state index is 12.1. The molecule has 9 nitrogen and oxygen atoms in total. The van der Waals surface area contributed by atoms with Crippen molar-refractivity contribution in [3.63, 3.8) is 0 Å². The van der Waals surface area contributed by atoms with Gasteiger partial charge in [0.15, 0.2) is 0 Å². The molecule has 0 aliphatic rings. The molecule has 0 aromatic heterocycles. The number of aliphatic carboxylic acids is 2. The fourth-order valence-electron chi connectivity index (χ4n) is 1.50. The second-order valence-electron chi connectivity index (χ2n) is 4.17. The lowest BCUT2D eigenvalue weighted by Crippen LogP contribution is -2.50. The fourth-order valence-corrected chi connectivity index (χ4v) is 1.50. The quantitative estimate of drug-likeness (QED) is 0.505. The maximum Gasteiger partial charge on any atom is 0.323 e. The molecule has 3 amide bonds. The molecule has 20 heavy (non-hydrogen) atoms. The number of primary amides is 1. The molecule has 0 rings (SSSR count). The van der Waals surface area contributed by atoms with E-state index >= 15 is 0 Å². The second-order valence-corrected chi connectivity index (χ2v) is 4.17. The minimum Gasteiger partial charge on any atom is -0.480 e. The minimum absolute atomic E-state index is 0.202. The maximum atomic E-state index is 12.1. The molecule has 0 atom stereocenters. The summed E-state index contributed by atoms with van der Waals surface area (Å²) in [5, 5.41) is 17.4. The van der Waals surface area contributed by atoms with Crippen molar-refractivity contribution in [2.24, 2.45) is 5.73 Å². The first-order chi connectivity index (χ1) is 9.27. The molecule has 0 saturated carbocycles. The lowest BCUT2D eigenvalue weighted by atomic mass is 10.3. The Morgan fingerprint density at radius 3 is 1.80 bits per heavy atom. The van der Waals surface area contributed by atoms with Crippen LogP contribution in [0.2, 0.25) is 0 Å². The predicted molar refractivity (Wildman–Crippen MR) is 67.9 cm³/mol. The highest BCUT2D eigenvalue weighted by Gasteiger charge is 2.25. The Morgan fingerprint density at radius 2 is 1.45 bits per heavy atom. The van der Waals surface area contributed by atoms with Gasteiger partial charge in [-0.2, -0.15) is 0 Å². The first-order valence-corrected chi connectivity index (χ1v) is 6.03. The second kappa shape index (κ2) is 8.73. The number of carboxylic acids is 2. The number of nitrogens with two attached hydrogens (primary N) is 1. The summed E-state index contributed by atoms with van der Waals surface area (Å²) in [5.74, 6) is -3.43. The van der Waals surface area contributed by atoms with Crippen molar-refractivity contribution in [1.29, 1.82) is 0 Å². The van der Waals surface area contributed by atoms with Crippen molar-refractivity contribution >= 4 is 23.9 Å². The summed E-state index contributed by atoms with van der Waals surface area (Å²) in [6.07, 6.45) is 1.34. The van der Waals surface area contributed by atoms with Crippen LogP contribution in [0.3, 0.4) is 0 Å². The molecule has 0 saturated heterocycles. The van der Waals surface area contributed by atoms with Gasteiger partial charge in [0.1, 0.15) is 19.6 Å². The number of hydrogen-bond donors (Lipinski definition) is 3. The number of amides is 3. The van der Waals surface area contributed by atoms with Crippen LogP contribution in [0.5, 0.6) is 0 Å². The summed E-state index contributed by atoms with van der Waals surface area (Å²) < 4.78 is 0. The van der Waals surface area contributed by atoms with Gasteiger partial charge in [0.25, 0.3) is 0 Å². The molecule has 0 heterocycles. The molecule has 0 aliphatic carbocycles. The minimum atomic E-state index is -1.34. The Balaban J connectivity index is 4.95. The van der Waals surface area contributed by atoms with E-state index in [-0.39, 0.29) is 13.1 Å². The van der Waals surface area contributed by atoms with Crippen LogP contribution in [0.25, 0.3) is 0 Å². The number of rotatable bonds is 9. The molecular formula is C11H19N3O6. The standard InChI is InChI=1S/C11H19N3O6/c1-2-3-4-13(5-8(12)15)11(20)14(6-9(16)17)7-10(18)19/h2-7H2,1H3,(H2,12,15)(H,16,17)(H,18,19). The van der Waals surface area contributed by atoms with E-state index < -0.39 is 37.0 Å². The summed E-state index contributed by atoms with van der Waals surface area (Å²) in [7, 11) is 0. The largest absolute Gasteiger partial charge is 0.480 e. The van der Waals surface area contributed by atoms with Crippen LogP contribution in [-0.4, -0.2) is 70.1 Å². The average Bonchev–Trinajstić information content (AvgIpc) is 2.31. The average molecular weight is 289 g/mol. The molecule has 0 aromatic carbocycles. The Bertz CT molecular complexity index is 368. The van der Waals surface area contributed by atoms with Crippen molar-refractivity contribution in [2.75, 3.05) is 26.2 Å². The summed E-state index contributed by atoms with van der Waals surface area (Å²) in [4.78, 5) is 46.0. The number of hydrogen-bond acceptors (Lipinski definition) is 4. The molecule has 0 fully saturated rings. The summed E-state index contributed by atoms with van der Waals surface area (Å²) in [6, 6.07) is -0.831. The normalized spacial score (nSPS) is 9.85. The van der Waals surface area contributed by atoms with Crippen molar-refractivity contribution in [3.8, 4) is 0 Å². The lowest BCUT2D eigenvalue weighted by molar-refractivity contribution is -0.140. The molecular weight excluding hydrogens is 270 g/mol. The van der Waals surface area contributed by atoms with Gasteiger partial charge in [-0.3, -0.25) is 14.4 Å². The highest BCUT2D eigenvalue weighted by atomic mass is 16.4. The third-order valence-corrected chi connectivity index (χ3v) is 2.32. The highest BCUT2D eigenvalue weighted by Crippen LogP contribution is 2.02. The Labute approximate surface area is 115 Å². The predicted octanol–water partition coefficient (Wildman–Crippen LogP) is -0.835. The van der Waals surface area contributed by atoms with E-state index in [1.54, 1.807) is 0 Å². The van der Waals surface area contributed by atoms with E-state index in [4.69, 9.17) is 15.9 Å². The Hall–Kier alpha value is -2.32. The molecule has 9 heteroatoms. The Morgan fingerprint density at radius 1 is 0.950 bits per heavy atom. The van der Waals surface area contributed by atoms with Crippen LogP contribution in [0.15, 0.2) is 0 Å². The molecule has 0 bridgehead atoms. The first kappa shape index (κ1) is 17.7. The third kappa shape index (κ3) is 7.19. The topological polar surface area (TPSA) is 141 Å². The van der Waals surface area contributed by atoms with Gasteiger partial charge < -0.3 is 25.7 Å². The zero-order valence-electron chi connectivity index (χ0n) is 11.2. The first-order valence-electron chi connectivity index (χ1n) is 6.03. The molecule has 0 radical (unpaired) electrons. The number of urea groups is 1. The Kier molecular flexibility index (Phi) is 7.71. The van der Waals surface area contributed by atoms with E-state index in [1.165, 1.54) is 0 Å².